The minimum Gasteiger partial charge on any atom is -0.294 e. The SMILES string of the molecule is Cc1ccc(C)c(C(=O)CCCCS(=O)(=O)O)c1. The van der Waals surface area contributed by atoms with Crippen molar-refractivity contribution in [3.05, 3.63) is 34.9 Å². The number of carbonyl (C=O) groups excluding carboxylic acids is 1. The Labute approximate surface area is 108 Å². The van der Waals surface area contributed by atoms with E-state index in [4.69, 9.17) is 4.55 Å². The fourth-order valence-electron chi connectivity index (χ4n) is 1.74. The molecule has 1 aromatic carbocycles. The molecule has 0 aromatic heterocycles. The standard InChI is InChI=1S/C13H18O4S/c1-10-6-7-11(2)12(9-10)13(14)5-3-4-8-18(15,16)17/h6-7,9H,3-5,8H2,1-2H3,(H,15,16,17). The lowest BCUT2D eigenvalue weighted by atomic mass is 9.99. The molecule has 0 atom stereocenters. The van der Waals surface area contributed by atoms with Crippen LogP contribution >= 0.6 is 0 Å². The number of ketones is 1. The number of benzene rings is 1. The van der Waals surface area contributed by atoms with E-state index < -0.39 is 10.1 Å². The minimum atomic E-state index is -3.91. The molecule has 0 aliphatic rings. The van der Waals surface area contributed by atoms with Crippen molar-refractivity contribution in [3.8, 4) is 0 Å². The highest BCUT2D eigenvalue weighted by atomic mass is 32.2. The van der Waals surface area contributed by atoms with Crippen molar-refractivity contribution in [3.63, 3.8) is 0 Å². The zero-order valence-electron chi connectivity index (χ0n) is 10.6. The predicted molar refractivity (Wildman–Crippen MR) is 70.5 cm³/mol. The Hall–Kier alpha value is -1.20. The monoisotopic (exact) mass is 270 g/mol. The fraction of sp³-hybridized carbons (Fsp3) is 0.462. The van der Waals surface area contributed by atoms with E-state index in [0.717, 1.165) is 11.1 Å². The van der Waals surface area contributed by atoms with Gasteiger partial charge < -0.3 is 0 Å². The van der Waals surface area contributed by atoms with Crippen LogP contribution in [0.3, 0.4) is 0 Å². The molecule has 0 bridgehead atoms. The highest BCUT2D eigenvalue weighted by molar-refractivity contribution is 7.85. The molecule has 1 rings (SSSR count). The molecule has 1 aromatic rings. The van der Waals surface area contributed by atoms with Crippen LogP contribution < -0.4 is 0 Å². The largest absolute Gasteiger partial charge is 0.294 e. The summed E-state index contributed by atoms with van der Waals surface area (Å²) >= 11 is 0. The van der Waals surface area contributed by atoms with Crippen molar-refractivity contribution in [1.29, 1.82) is 0 Å². The minimum absolute atomic E-state index is 0.0199. The summed E-state index contributed by atoms with van der Waals surface area (Å²) in [5.74, 6) is -0.265. The van der Waals surface area contributed by atoms with E-state index in [1.54, 1.807) is 0 Å². The van der Waals surface area contributed by atoms with Crippen LogP contribution in [0, 0.1) is 13.8 Å². The number of unbranched alkanes of at least 4 members (excludes halogenated alkanes) is 1. The zero-order valence-corrected chi connectivity index (χ0v) is 11.5. The van der Waals surface area contributed by atoms with E-state index in [9.17, 15) is 13.2 Å². The maximum atomic E-state index is 11.9. The van der Waals surface area contributed by atoms with Crippen LogP contribution in [0.25, 0.3) is 0 Å². The van der Waals surface area contributed by atoms with Crippen molar-refractivity contribution < 1.29 is 17.8 Å². The fourth-order valence-corrected chi connectivity index (χ4v) is 2.31. The summed E-state index contributed by atoms with van der Waals surface area (Å²) in [6.07, 6.45) is 1.07. The van der Waals surface area contributed by atoms with Crippen LogP contribution in [0.2, 0.25) is 0 Å². The van der Waals surface area contributed by atoms with E-state index in [1.165, 1.54) is 0 Å². The van der Waals surface area contributed by atoms with E-state index in [0.29, 0.717) is 24.8 Å². The molecule has 100 valence electrons. The molecule has 0 aliphatic heterocycles. The summed E-state index contributed by atoms with van der Waals surface area (Å²) < 4.78 is 29.6. The molecule has 5 heteroatoms. The second-order valence-electron chi connectivity index (χ2n) is 4.48. The molecule has 4 nitrogen and oxygen atoms in total. The van der Waals surface area contributed by atoms with Crippen molar-refractivity contribution >= 4 is 15.9 Å². The first-order chi connectivity index (χ1) is 8.29. The summed E-state index contributed by atoms with van der Waals surface area (Å²) in [4.78, 5) is 11.9. The maximum Gasteiger partial charge on any atom is 0.264 e. The first kappa shape index (κ1) is 14.9. The van der Waals surface area contributed by atoms with E-state index >= 15 is 0 Å². The van der Waals surface area contributed by atoms with Gasteiger partial charge in [0, 0.05) is 12.0 Å². The van der Waals surface area contributed by atoms with Crippen molar-refractivity contribution in [2.75, 3.05) is 5.75 Å². The summed E-state index contributed by atoms with van der Waals surface area (Å²) in [5.41, 5.74) is 2.66. The van der Waals surface area contributed by atoms with Gasteiger partial charge in [0.15, 0.2) is 5.78 Å². The Bertz CT molecular complexity index is 532. The van der Waals surface area contributed by atoms with E-state index in [-0.39, 0.29) is 11.5 Å². The average Bonchev–Trinajstić information content (AvgIpc) is 2.26. The predicted octanol–water partition coefficient (Wildman–Crippen LogP) is 2.54. The molecule has 1 N–H and O–H groups in total. The van der Waals surface area contributed by atoms with Crippen molar-refractivity contribution in [2.24, 2.45) is 0 Å². The van der Waals surface area contributed by atoms with Gasteiger partial charge >= 0.3 is 0 Å². The zero-order chi connectivity index (χ0) is 13.8. The van der Waals surface area contributed by atoms with Crippen molar-refractivity contribution in [1.82, 2.24) is 0 Å². The van der Waals surface area contributed by atoms with Gasteiger partial charge in [-0.3, -0.25) is 9.35 Å². The average molecular weight is 270 g/mol. The van der Waals surface area contributed by atoms with Crippen LogP contribution in [-0.2, 0) is 10.1 Å². The topological polar surface area (TPSA) is 71.4 Å². The lowest BCUT2D eigenvalue weighted by molar-refractivity contribution is 0.0979. The molecular formula is C13H18O4S. The number of aryl methyl sites for hydroxylation is 2. The first-order valence-corrected chi connectivity index (χ1v) is 7.46. The summed E-state index contributed by atoms with van der Waals surface area (Å²) in [7, 11) is -3.91. The van der Waals surface area contributed by atoms with Gasteiger partial charge in [0.05, 0.1) is 5.75 Å². The normalized spacial score (nSPS) is 11.5. The number of carbonyl (C=O) groups is 1. The third-order valence-corrected chi connectivity index (χ3v) is 3.55. The molecule has 0 amide bonds. The van der Waals surface area contributed by atoms with Crippen LogP contribution in [0.5, 0.6) is 0 Å². The summed E-state index contributed by atoms with van der Waals surface area (Å²) in [5, 5.41) is 0. The highest BCUT2D eigenvalue weighted by Gasteiger charge is 2.10. The summed E-state index contributed by atoms with van der Waals surface area (Å²) in [6.45, 7) is 3.80. The van der Waals surface area contributed by atoms with Crippen LogP contribution in [0.15, 0.2) is 18.2 Å². The third-order valence-electron chi connectivity index (χ3n) is 2.75. The number of rotatable bonds is 6. The Morgan fingerprint density at radius 3 is 2.50 bits per heavy atom. The van der Waals surface area contributed by atoms with Crippen molar-refractivity contribution in [2.45, 2.75) is 33.1 Å². The molecule has 0 spiro atoms. The van der Waals surface area contributed by atoms with Gasteiger partial charge in [0.2, 0.25) is 0 Å². The van der Waals surface area contributed by atoms with Gasteiger partial charge in [0.25, 0.3) is 10.1 Å². The van der Waals surface area contributed by atoms with Gasteiger partial charge in [-0.25, -0.2) is 0 Å². The smallest absolute Gasteiger partial charge is 0.264 e. The number of Topliss-reactive ketones (excluding diaryl/α,β-unsaturated/α-hetero) is 1. The van der Waals surface area contributed by atoms with Crippen LogP contribution in [0.4, 0.5) is 0 Å². The summed E-state index contributed by atoms with van der Waals surface area (Å²) in [6, 6.07) is 5.70. The molecule has 0 aliphatic carbocycles. The van der Waals surface area contributed by atoms with E-state index in [1.807, 2.05) is 32.0 Å². The van der Waals surface area contributed by atoms with Gasteiger partial charge in [-0.2, -0.15) is 8.42 Å². The first-order valence-electron chi connectivity index (χ1n) is 5.85. The third kappa shape index (κ3) is 4.98. The molecule has 0 heterocycles. The molecule has 0 radical (unpaired) electrons. The van der Waals surface area contributed by atoms with E-state index in [2.05, 4.69) is 0 Å². The van der Waals surface area contributed by atoms with Crippen LogP contribution in [-0.4, -0.2) is 24.5 Å². The lowest BCUT2D eigenvalue weighted by Crippen LogP contribution is -2.06. The molecule has 0 saturated heterocycles. The van der Waals surface area contributed by atoms with Gasteiger partial charge in [-0.05, 0) is 38.3 Å². The number of hydrogen-bond acceptors (Lipinski definition) is 3. The maximum absolute atomic E-state index is 11.9. The number of hydrogen-bond donors (Lipinski definition) is 1. The Balaban J connectivity index is 2.53. The second-order valence-corrected chi connectivity index (χ2v) is 6.06. The molecule has 18 heavy (non-hydrogen) atoms. The Kier molecular flexibility index (Phi) is 5.04. The molecule has 0 fully saturated rings. The molecule has 0 unspecified atom stereocenters. The lowest BCUT2D eigenvalue weighted by Gasteiger charge is -2.06. The van der Waals surface area contributed by atoms with Crippen LogP contribution in [0.1, 0.15) is 40.7 Å². The molecular weight excluding hydrogens is 252 g/mol. The second kappa shape index (κ2) is 6.11. The quantitative estimate of drug-likeness (QED) is 0.490. The van der Waals surface area contributed by atoms with Gasteiger partial charge in [-0.15, -0.1) is 0 Å². The Morgan fingerprint density at radius 1 is 1.22 bits per heavy atom. The highest BCUT2D eigenvalue weighted by Crippen LogP contribution is 2.14. The van der Waals surface area contributed by atoms with Gasteiger partial charge in [-0.1, -0.05) is 17.7 Å². The molecule has 0 saturated carbocycles. The Morgan fingerprint density at radius 2 is 1.89 bits per heavy atom. The van der Waals surface area contributed by atoms with Gasteiger partial charge in [0.1, 0.15) is 0 Å².